The lowest BCUT2D eigenvalue weighted by atomic mass is 9.82. The zero-order valence-corrected chi connectivity index (χ0v) is 40.4. The maximum Gasteiger partial charge on any atom is 0.411 e. The minimum absolute atomic E-state index is 0.0291. The Labute approximate surface area is 394 Å². The minimum atomic E-state index is -5.12. The number of nitrogens with one attached hydrogen (secondary N) is 2. The van der Waals surface area contributed by atoms with E-state index >= 15 is 4.79 Å². The quantitative estimate of drug-likeness (QED) is 0.152. The lowest BCUT2D eigenvalue weighted by Crippen LogP contribution is -2.66. The van der Waals surface area contributed by atoms with Gasteiger partial charge in [-0.3, -0.25) is 29.0 Å². The number of ether oxygens (including phenoxy) is 3. The number of hydrogen-bond donors (Lipinski definition) is 3. The lowest BCUT2D eigenvalue weighted by Gasteiger charge is -2.46. The van der Waals surface area contributed by atoms with Gasteiger partial charge in [-0.2, -0.15) is 13.2 Å². The second-order valence-corrected chi connectivity index (χ2v) is 21.9. The molecule has 16 nitrogen and oxygen atoms in total. The van der Waals surface area contributed by atoms with Crippen molar-refractivity contribution in [1.29, 1.82) is 0 Å². The topological polar surface area (TPSA) is 207 Å². The van der Waals surface area contributed by atoms with Crippen LogP contribution in [0.4, 0.5) is 18.0 Å². The number of carbonyl (C=O) groups is 4. The van der Waals surface area contributed by atoms with Crippen molar-refractivity contribution in [2.24, 2.45) is 17.8 Å². The Morgan fingerprint density at radius 1 is 1.07 bits per heavy atom. The Morgan fingerprint density at radius 3 is 2.38 bits per heavy atom. The zero-order valence-electron chi connectivity index (χ0n) is 39.6. The van der Waals surface area contributed by atoms with Gasteiger partial charge < -0.3 is 29.5 Å². The van der Waals surface area contributed by atoms with E-state index in [0.717, 1.165) is 4.90 Å². The number of benzene rings is 1. The fourth-order valence-corrected chi connectivity index (χ4v) is 10.7. The number of nitrogens with zero attached hydrogens (tertiary/aromatic N) is 4. The van der Waals surface area contributed by atoms with Gasteiger partial charge in [0, 0.05) is 17.7 Å². The first-order valence-corrected chi connectivity index (χ1v) is 24.6. The Hall–Kier alpha value is -5.66. The number of rotatable bonds is 12. The van der Waals surface area contributed by atoms with Crippen LogP contribution in [0.1, 0.15) is 99.8 Å². The first-order chi connectivity index (χ1) is 31.8. The SMILES string of the molecule is CC[C@@H]1C[C@@H](C)CCC=C[C@@H]2C[C@@]2(C(=O)NS(=O)(=O)C2(C)CC2)NC(=O)[C@@H]2C[C@@H](Oc3nc(-c4ccc(OC(C)C)cn4)cc4cc(OC)ccc34)CN2C(=O)[C@H]1N(C(=O)O)C(C)(C)C(F)(F)F. The molecule has 7 atom stereocenters. The van der Waals surface area contributed by atoms with E-state index in [-0.39, 0.29) is 48.5 Å². The molecule has 20 heteroatoms. The molecule has 1 saturated heterocycles. The van der Waals surface area contributed by atoms with Crippen LogP contribution < -0.4 is 24.2 Å². The third-order valence-corrected chi connectivity index (χ3v) is 16.2. The van der Waals surface area contributed by atoms with Crippen LogP contribution in [-0.2, 0) is 24.4 Å². The number of methoxy groups -OCH3 is 1. The number of amides is 4. The molecule has 1 aromatic carbocycles. The summed E-state index contributed by atoms with van der Waals surface area (Å²) >= 11 is 0. The van der Waals surface area contributed by atoms with E-state index < -0.39 is 92.4 Å². The summed E-state index contributed by atoms with van der Waals surface area (Å²) in [4.78, 5) is 68.3. The number of allylic oxidation sites excluding steroid dienone is 1. The smallest absolute Gasteiger partial charge is 0.411 e. The molecule has 2 aliphatic carbocycles. The van der Waals surface area contributed by atoms with E-state index in [1.165, 1.54) is 14.0 Å². The van der Waals surface area contributed by atoms with Gasteiger partial charge in [-0.05, 0) is 127 Å². The van der Waals surface area contributed by atoms with Gasteiger partial charge in [-0.1, -0.05) is 32.4 Å². The predicted molar refractivity (Wildman–Crippen MR) is 245 cm³/mol. The van der Waals surface area contributed by atoms with Gasteiger partial charge in [0.15, 0.2) is 0 Å². The third kappa shape index (κ3) is 9.92. The third-order valence-electron chi connectivity index (χ3n) is 14.0. The van der Waals surface area contributed by atoms with Crippen molar-refractivity contribution in [3.8, 4) is 28.8 Å². The molecule has 3 fully saturated rings. The molecule has 2 aliphatic heterocycles. The highest BCUT2D eigenvalue weighted by molar-refractivity contribution is 7.91. The number of halogens is 3. The van der Waals surface area contributed by atoms with E-state index in [4.69, 9.17) is 19.2 Å². The van der Waals surface area contributed by atoms with Crippen molar-refractivity contribution in [2.45, 2.75) is 146 Å². The molecular weight excluding hydrogens is 910 g/mol. The largest absolute Gasteiger partial charge is 0.497 e. The maximum absolute atomic E-state index is 15.4. The molecule has 4 heterocycles. The van der Waals surface area contributed by atoms with E-state index in [9.17, 15) is 41.1 Å². The Kier molecular flexibility index (Phi) is 13.8. The van der Waals surface area contributed by atoms with Crippen molar-refractivity contribution < 1.29 is 60.1 Å². The fraction of sp³-hybridized carbons (Fsp3) is 0.583. The van der Waals surface area contributed by atoms with Crippen LogP contribution in [0.3, 0.4) is 0 Å². The Bertz CT molecular complexity index is 2570. The second kappa shape index (κ2) is 18.7. The average molecular weight is 971 g/mol. The summed E-state index contributed by atoms with van der Waals surface area (Å²) in [6.45, 7) is 9.83. The van der Waals surface area contributed by atoms with E-state index in [2.05, 4.69) is 15.0 Å². The molecule has 3 aromatic rings. The number of alkyl halides is 3. The van der Waals surface area contributed by atoms with Crippen LogP contribution in [-0.4, -0.2) is 117 Å². The number of aromatic nitrogens is 2. The van der Waals surface area contributed by atoms with Gasteiger partial charge in [-0.25, -0.2) is 18.2 Å². The predicted octanol–water partition coefficient (Wildman–Crippen LogP) is 7.41. The fourth-order valence-electron chi connectivity index (χ4n) is 9.35. The van der Waals surface area contributed by atoms with Gasteiger partial charge in [0.2, 0.25) is 27.7 Å². The summed E-state index contributed by atoms with van der Waals surface area (Å²) in [5.74, 6) is -3.58. The van der Waals surface area contributed by atoms with Crippen LogP contribution in [0.5, 0.6) is 17.4 Å². The van der Waals surface area contributed by atoms with Crippen molar-refractivity contribution in [1.82, 2.24) is 29.8 Å². The molecular formula is C48H61F3N6O10S. The molecule has 68 heavy (non-hydrogen) atoms. The number of sulfonamides is 1. The molecule has 0 spiro atoms. The van der Waals surface area contributed by atoms with Gasteiger partial charge >= 0.3 is 12.3 Å². The standard InChI is InChI=1S/C48H61F3N6O10S/c1-9-29-20-28(4)12-10-11-13-31-24-47(31,43(60)55-68(63,64)46(7)18-19-46)54-40(58)38-23-34(26-56(38)42(59)39(29)57(44(61)62)45(5,6)48(49,50)51)67-41-35-16-14-32(65-8)21-30(35)22-37(53-41)36-17-15-33(25-52-36)66-27(2)3/h11,13-17,21-22,25,27-29,31,34,38-39H,9-10,12,18-20,23-24,26H2,1-8H3,(H,54,58)(H,55,60)(H,61,62)/t28-,29+,31+,34+,38-,39-,47+/m0/s1. The van der Waals surface area contributed by atoms with Crippen molar-refractivity contribution >= 4 is 44.6 Å². The second-order valence-electron chi connectivity index (χ2n) is 19.8. The number of carboxylic acid groups (broad SMARTS) is 1. The highest BCUT2D eigenvalue weighted by Crippen LogP contribution is 2.48. The van der Waals surface area contributed by atoms with Crippen molar-refractivity contribution in [3.05, 3.63) is 54.7 Å². The first-order valence-electron chi connectivity index (χ1n) is 23.1. The maximum atomic E-state index is 15.4. The van der Waals surface area contributed by atoms with Gasteiger partial charge in [-0.15, -0.1) is 0 Å². The Balaban J connectivity index is 1.33. The van der Waals surface area contributed by atoms with E-state index in [1.807, 2.05) is 26.8 Å². The van der Waals surface area contributed by atoms with Crippen molar-refractivity contribution in [3.63, 3.8) is 0 Å². The summed E-state index contributed by atoms with van der Waals surface area (Å²) in [6.07, 6.45) is -1.50. The van der Waals surface area contributed by atoms with Crippen LogP contribution in [0, 0.1) is 17.8 Å². The molecule has 7 rings (SSSR count). The highest BCUT2D eigenvalue weighted by Gasteiger charge is 2.64. The molecule has 3 N–H and O–H groups in total. The molecule has 4 aliphatic rings. The monoisotopic (exact) mass is 970 g/mol. The van der Waals surface area contributed by atoms with Gasteiger partial charge in [0.25, 0.3) is 5.91 Å². The van der Waals surface area contributed by atoms with Crippen molar-refractivity contribution in [2.75, 3.05) is 13.7 Å². The van der Waals surface area contributed by atoms with Crippen LogP contribution in [0.15, 0.2) is 54.7 Å². The molecule has 0 unspecified atom stereocenters. The number of fused-ring (bicyclic) bond motifs is 3. The number of hydrogen-bond acceptors (Lipinski definition) is 11. The normalized spacial score (nSPS) is 26.4. The van der Waals surface area contributed by atoms with E-state index in [0.29, 0.717) is 73.2 Å². The zero-order chi connectivity index (χ0) is 49.7. The minimum Gasteiger partial charge on any atom is -0.497 e. The molecule has 4 amide bonds. The highest BCUT2D eigenvalue weighted by atomic mass is 32.2. The summed E-state index contributed by atoms with van der Waals surface area (Å²) in [6, 6.07) is 6.94. The average Bonchev–Trinajstić information content (AvgIpc) is 4.15. The molecule has 370 valence electrons. The Morgan fingerprint density at radius 2 is 1.78 bits per heavy atom. The molecule has 0 bridgehead atoms. The summed E-state index contributed by atoms with van der Waals surface area (Å²) < 4.78 is 90.6. The van der Waals surface area contributed by atoms with Gasteiger partial charge in [0.1, 0.15) is 40.8 Å². The molecule has 2 saturated carbocycles. The number of carbonyl (C=O) groups excluding carboxylic acids is 3. The summed E-state index contributed by atoms with van der Waals surface area (Å²) in [5, 5.41) is 14.6. The van der Waals surface area contributed by atoms with Crippen LogP contribution >= 0.6 is 0 Å². The van der Waals surface area contributed by atoms with E-state index in [1.54, 1.807) is 55.6 Å². The first kappa shape index (κ1) is 50.2. The summed E-state index contributed by atoms with van der Waals surface area (Å²) in [5.41, 5.74) is -4.00. The molecule has 0 radical (unpaired) electrons. The molecule has 2 aromatic heterocycles. The summed E-state index contributed by atoms with van der Waals surface area (Å²) in [7, 11) is -2.65. The van der Waals surface area contributed by atoms with Crippen LogP contribution in [0.25, 0.3) is 22.2 Å². The van der Waals surface area contributed by atoms with Gasteiger partial charge in [0.05, 0.1) is 42.1 Å². The number of pyridine rings is 2. The van der Waals surface area contributed by atoms with Crippen LogP contribution in [0.2, 0.25) is 0 Å². The lowest BCUT2D eigenvalue weighted by molar-refractivity contribution is -0.222.